The van der Waals surface area contributed by atoms with Gasteiger partial charge in [-0.1, -0.05) is 34.6 Å². The second kappa shape index (κ2) is 8.16. The fourth-order valence-corrected chi connectivity index (χ4v) is 2.62. The molecule has 1 rings (SSSR count). The highest BCUT2D eigenvalue weighted by Gasteiger charge is 2.25. The first kappa shape index (κ1) is 16.0. The molecule has 18 heavy (non-hydrogen) atoms. The van der Waals surface area contributed by atoms with E-state index in [1.54, 1.807) is 0 Å². The first-order valence-corrected chi connectivity index (χ1v) is 7.92. The fourth-order valence-electron chi connectivity index (χ4n) is 2.62. The third-order valence-corrected chi connectivity index (χ3v) is 4.22. The molecule has 0 bridgehead atoms. The molecule has 1 heterocycles. The van der Waals surface area contributed by atoms with Crippen LogP contribution in [0.15, 0.2) is 0 Å². The summed E-state index contributed by atoms with van der Waals surface area (Å²) in [5.74, 6) is 3.37. The molecule has 2 nitrogen and oxygen atoms in total. The first-order valence-electron chi connectivity index (χ1n) is 7.92. The summed E-state index contributed by atoms with van der Waals surface area (Å²) in [7, 11) is 0. The standard InChI is InChI=1S/C16H34N2/c1-13(2)6-8-18(9-7-14(3)4)12-16-11-17-10-15(16)5/h13-17H,6-12H2,1-5H3. The van der Waals surface area contributed by atoms with Crippen molar-refractivity contribution in [3.8, 4) is 0 Å². The Morgan fingerprint density at radius 1 is 1.00 bits per heavy atom. The molecule has 0 radical (unpaired) electrons. The van der Waals surface area contributed by atoms with Crippen LogP contribution in [0.4, 0.5) is 0 Å². The summed E-state index contributed by atoms with van der Waals surface area (Å²) < 4.78 is 0. The summed E-state index contributed by atoms with van der Waals surface area (Å²) in [4.78, 5) is 2.72. The highest BCUT2D eigenvalue weighted by Crippen LogP contribution is 2.18. The minimum Gasteiger partial charge on any atom is -0.316 e. The largest absolute Gasteiger partial charge is 0.316 e. The zero-order valence-corrected chi connectivity index (χ0v) is 13.2. The molecule has 1 fully saturated rings. The Kier molecular flexibility index (Phi) is 7.25. The van der Waals surface area contributed by atoms with Gasteiger partial charge in [-0.15, -0.1) is 0 Å². The van der Waals surface area contributed by atoms with Crippen LogP contribution in [0.5, 0.6) is 0 Å². The Morgan fingerprint density at radius 3 is 1.94 bits per heavy atom. The predicted molar refractivity (Wildman–Crippen MR) is 80.9 cm³/mol. The van der Waals surface area contributed by atoms with Gasteiger partial charge in [0.05, 0.1) is 0 Å². The van der Waals surface area contributed by atoms with Gasteiger partial charge >= 0.3 is 0 Å². The smallest absolute Gasteiger partial charge is 0.00248 e. The maximum Gasteiger partial charge on any atom is 0.00248 e. The zero-order chi connectivity index (χ0) is 13.5. The molecule has 2 unspecified atom stereocenters. The highest BCUT2D eigenvalue weighted by molar-refractivity contribution is 4.80. The van der Waals surface area contributed by atoms with Crippen molar-refractivity contribution < 1.29 is 0 Å². The van der Waals surface area contributed by atoms with E-state index in [0.29, 0.717) is 0 Å². The lowest BCUT2D eigenvalue weighted by Crippen LogP contribution is -2.35. The molecule has 0 saturated carbocycles. The Balaban J connectivity index is 2.37. The van der Waals surface area contributed by atoms with Crippen molar-refractivity contribution in [3.63, 3.8) is 0 Å². The minimum absolute atomic E-state index is 0.825. The second-order valence-corrected chi connectivity index (χ2v) is 7.06. The molecule has 2 heteroatoms. The average Bonchev–Trinajstić information content (AvgIpc) is 2.68. The molecule has 2 atom stereocenters. The third kappa shape index (κ3) is 6.19. The Morgan fingerprint density at radius 2 is 1.56 bits per heavy atom. The molecular formula is C16H34N2. The Labute approximate surface area is 115 Å². The molecule has 1 aliphatic rings. The SMILES string of the molecule is CC(C)CCN(CCC(C)C)CC1CNCC1C. The van der Waals surface area contributed by atoms with Crippen LogP contribution in [0.25, 0.3) is 0 Å². The van der Waals surface area contributed by atoms with Gasteiger partial charge in [-0.3, -0.25) is 0 Å². The number of rotatable bonds is 8. The third-order valence-electron chi connectivity index (χ3n) is 4.22. The summed E-state index contributed by atoms with van der Waals surface area (Å²) >= 11 is 0. The maximum absolute atomic E-state index is 3.53. The van der Waals surface area contributed by atoms with Gasteiger partial charge in [0.25, 0.3) is 0 Å². The van der Waals surface area contributed by atoms with E-state index in [4.69, 9.17) is 0 Å². The van der Waals surface area contributed by atoms with Crippen LogP contribution in [-0.4, -0.2) is 37.6 Å². The van der Waals surface area contributed by atoms with Crippen molar-refractivity contribution >= 4 is 0 Å². The Hall–Kier alpha value is -0.0800. The first-order chi connectivity index (χ1) is 8.49. The molecule has 1 aliphatic heterocycles. The minimum atomic E-state index is 0.825. The molecule has 0 aromatic carbocycles. The maximum atomic E-state index is 3.53. The lowest BCUT2D eigenvalue weighted by Gasteiger charge is -2.28. The van der Waals surface area contributed by atoms with E-state index in [9.17, 15) is 0 Å². The van der Waals surface area contributed by atoms with Crippen LogP contribution >= 0.6 is 0 Å². The normalized spacial score (nSPS) is 24.7. The van der Waals surface area contributed by atoms with E-state index in [1.165, 1.54) is 45.6 Å². The summed E-state index contributed by atoms with van der Waals surface area (Å²) in [6, 6.07) is 0. The van der Waals surface area contributed by atoms with E-state index in [2.05, 4.69) is 44.8 Å². The van der Waals surface area contributed by atoms with Gasteiger partial charge in [0.2, 0.25) is 0 Å². The van der Waals surface area contributed by atoms with Gasteiger partial charge in [-0.2, -0.15) is 0 Å². The van der Waals surface area contributed by atoms with Gasteiger partial charge in [0.1, 0.15) is 0 Å². The van der Waals surface area contributed by atoms with E-state index in [1.807, 2.05) is 0 Å². The van der Waals surface area contributed by atoms with Crippen LogP contribution in [-0.2, 0) is 0 Å². The molecule has 1 saturated heterocycles. The topological polar surface area (TPSA) is 15.3 Å². The Bertz CT molecular complexity index is 201. The predicted octanol–water partition coefficient (Wildman–Crippen LogP) is 3.24. The molecule has 1 N–H and O–H groups in total. The molecule has 0 amide bonds. The van der Waals surface area contributed by atoms with Crippen LogP contribution in [0.3, 0.4) is 0 Å². The van der Waals surface area contributed by atoms with E-state index >= 15 is 0 Å². The number of nitrogens with zero attached hydrogens (tertiary/aromatic N) is 1. The van der Waals surface area contributed by atoms with Gasteiger partial charge in [0.15, 0.2) is 0 Å². The van der Waals surface area contributed by atoms with Gasteiger partial charge in [-0.25, -0.2) is 0 Å². The lowest BCUT2D eigenvalue weighted by molar-refractivity contribution is 0.198. The monoisotopic (exact) mass is 254 g/mol. The van der Waals surface area contributed by atoms with Crippen LogP contribution in [0, 0.1) is 23.7 Å². The molecule has 0 aromatic heterocycles. The molecule has 108 valence electrons. The number of hydrogen-bond donors (Lipinski definition) is 1. The fraction of sp³-hybridized carbons (Fsp3) is 1.00. The summed E-state index contributed by atoms with van der Waals surface area (Å²) in [5.41, 5.74) is 0. The van der Waals surface area contributed by atoms with Crippen LogP contribution in [0.2, 0.25) is 0 Å². The van der Waals surface area contributed by atoms with E-state index in [0.717, 1.165) is 23.7 Å². The molecule has 0 spiro atoms. The van der Waals surface area contributed by atoms with Crippen molar-refractivity contribution in [1.82, 2.24) is 10.2 Å². The zero-order valence-electron chi connectivity index (χ0n) is 13.2. The summed E-state index contributed by atoms with van der Waals surface area (Å²) in [6.07, 6.45) is 2.68. The van der Waals surface area contributed by atoms with Gasteiger partial charge in [0, 0.05) is 6.54 Å². The molecular weight excluding hydrogens is 220 g/mol. The second-order valence-electron chi connectivity index (χ2n) is 7.06. The number of nitrogens with one attached hydrogen (secondary N) is 1. The average molecular weight is 254 g/mol. The number of hydrogen-bond acceptors (Lipinski definition) is 2. The van der Waals surface area contributed by atoms with E-state index < -0.39 is 0 Å². The van der Waals surface area contributed by atoms with Crippen LogP contribution in [0.1, 0.15) is 47.5 Å². The van der Waals surface area contributed by atoms with Crippen molar-refractivity contribution in [2.24, 2.45) is 23.7 Å². The van der Waals surface area contributed by atoms with Crippen molar-refractivity contribution in [3.05, 3.63) is 0 Å². The van der Waals surface area contributed by atoms with E-state index in [-0.39, 0.29) is 0 Å². The van der Waals surface area contributed by atoms with Crippen molar-refractivity contribution in [2.45, 2.75) is 47.5 Å². The molecule has 0 aliphatic carbocycles. The van der Waals surface area contributed by atoms with Gasteiger partial charge in [-0.05, 0) is 62.7 Å². The molecule has 0 aromatic rings. The summed E-state index contributed by atoms with van der Waals surface area (Å²) in [6.45, 7) is 18.0. The lowest BCUT2D eigenvalue weighted by atomic mass is 9.97. The van der Waals surface area contributed by atoms with Crippen molar-refractivity contribution in [2.75, 3.05) is 32.7 Å². The van der Waals surface area contributed by atoms with Crippen LogP contribution < -0.4 is 5.32 Å². The van der Waals surface area contributed by atoms with Gasteiger partial charge < -0.3 is 10.2 Å². The summed E-state index contributed by atoms with van der Waals surface area (Å²) in [5, 5.41) is 3.53. The quantitative estimate of drug-likeness (QED) is 0.715. The van der Waals surface area contributed by atoms with Crippen molar-refractivity contribution in [1.29, 1.82) is 0 Å². The highest BCUT2D eigenvalue weighted by atomic mass is 15.1.